The minimum Gasteiger partial charge on any atom is -0.457 e. The molecule has 7 nitrogen and oxygen atoms in total. The summed E-state index contributed by atoms with van der Waals surface area (Å²) in [6.45, 7) is 3.67. The molecule has 1 atom stereocenters. The van der Waals surface area contributed by atoms with Gasteiger partial charge < -0.3 is 20.4 Å². The highest BCUT2D eigenvalue weighted by molar-refractivity contribution is 9.10. The molecule has 10 heteroatoms. The number of thioether (sulfide) groups is 1. The maximum atomic E-state index is 13.5. The third-order valence-electron chi connectivity index (χ3n) is 6.89. The second kappa shape index (κ2) is 15.1. The van der Waals surface area contributed by atoms with Crippen molar-refractivity contribution in [2.75, 3.05) is 10.6 Å². The summed E-state index contributed by atoms with van der Waals surface area (Å²) >= 11 is 11.0. The number of halogens is 2. The van der Waals surface area contributed by atoms with Crippen LogP contribution in [0.2, 0.25) is 5.02 Å². The molecule has 232 valence electrons. The van der Waals surface area contributed by atoms with Gasteiger partial charge in [-0.15, -0.1) is 11.8 Å². The Bertz CT molecular complexity index is 1890. The predicted octanol–water partition coefficient (Wildman–Crippen LogP) is 9.20. The van der Waals surface area contributed by atoms with E-state index in [0.717, 1.165) is 20.5 Å². The number of hydrogen-bond donors (Lipinski definition) is 3. The van der Waals surface area contributed by atoms with E-state index < -0.39 is 17.1 Å². The predicted molar refractivity (Wildman–Crippen MR) is 189 cm³/mol. The van der Waals surface area contributed by atoms with Gasteiger partial charge in [-0.1, -0.05) is 63.9 Å². The third kappa shape index (κ3) is 8.57. The van der Waals surface area contributed by atoms with Gasteiger partial charge in [0.15, 0.2) is 0 Å². The van der Waals surface area contributed by atoms with E-state index in [2.05, 4.69) is 31.9 Å². The van der Waals surface area contributed by atoms with Gasteiger partial charge in [-0.3, -0.25) is 14.4 Å². The van der Waals surface area contributed by atoms with Crippen LogP contribution in [0.4, 0.5) is 11.4 Å². The van der Waals surface area contributed by atoms with Gasteiger partial charge in [0.1, 0.15) is 17.2 Å². The maximum absolute atomic E-state index is 13.5. The Kier molecular flexibility index (Phi) is 10.8. The van der Waals surface area contributed by atoms with Crippen molar-refractivity contribution in [2.45, 2.75) is 24.0 Å². The molecule has 5 aromatic rings. The Hall–Kier alpha value is -4.57. The van der Waals surface area contributed by atoms with Crippen molar-refractivity contribution in [1.29, 1.82) is 0 Å². The molecule has 1 aromatic heterocycles. The van der Waals surface area contributed by atoms with Crippen LogP contribution in [0.5, 0.6) is 0 Å². The average Bonchev–Trinajstić information content (AvgIpc) is 3.53. The van der Waals surface area contributed by atoms with E-state index in [9.17, 15) is 14.4 Å². The van der Waals surface area contributed by atoms with Crippen molar-refractivity contribution in [2.24, 2.45) is 0 Å². The number of nitrogens with one attached hydrogen (secondary N) is 3. The fraction of sp³-hybridized carbons (Fsp3) is 0.0833. The average molecular weight is 715 g/mol. The van der Waals surface area contributed by atoms with Crippen LogP contribution in [0, 0.1) is 6.92 Å². The molecule has 4 aromatic carbocycles. The van der Waals surface area contributed by atoms with Crippen LogP contribution in [0.3, 0.4) is 0 Å². The minimum atomic E-state index is -0.532. The van der Waals surface area contributed by atoms with Gasteiger partial charge >= 0.3 is 0 Å². The summed E-state index contributed by atoms with van der Waals surface area (Å²) in [6, 6.07) is 32.3. The summed E-state index contributed by atoms with van der Waals surface area (Å²) in [4.78, 5) is 40.1. The van der Waals surface area contributed by atoms with E-state index >= 15 is 0 Å². The number of rotatable bonds is 10. The third-order valence-corrected chi connectivity index (χ3v) is 8.94. The van der Waals surface area contributed by atoms with Crippen molar-refractivity contribution in [3.05, 3.63) is 141 Å². The van der Waals surface area contributed by atoms with Crippen molar-refractivity contribution in [3.8, 4) is 11.3 Å². The highest BCUT2D eigenvalue weighted by Crippen LogP contribution is 2.28. The number of anilines is 2. The van der Waals surface area contributed by atoms with Crippen LogP contribution in [0.1, 0.15) is 28.6 Å². The topological polar surface area (TPSA) is 100 Å². The number of amides is 3. The van der Waals surface area contributed by atoms with Gasteiger partial charge in [0, 0.05) is 43.0 Å². The van der Waals surface area contributed by atoms with Crippen LogP contribution < -0.4 is 16.0 Å². The number of carbonyl (C=O) groups excluding carboxylic acids is 3. The summed E-state index contributed by atoms with van der Waals surface area (Å²) in [5, 5.41) is 8.69. The molecule has 0 radical (unpaired) electrons. The Labute approximate surface area is 284 Å². The molecule has 3 amide bonds. The van der Waals surface area contributed by atoms with Crippen molar-refractivity contribution >= 4 is 74.5 Å². The number of furan rings is 1. The van der Waals surface area contributed by atoms with E-state index in [-0.39, 0.29) is 11.6 Å². The van der Waals surface area contributed by atoms with Gasteiger partial charge in [-0.05, 0) is 92.2 Å². The van der Waals surface area contributed by atoms with Gasteiger partial charge in [0.25, 0.3) is 11.8 Å². The minimum absolute atomic E-state index is 0.00520. The normalized spacial score (nSPS) is 11.9. The lowest BCUT2D eigenvalue weighted by Crippen LogP contribution is -2.30. The van der Waals surface area contributed by atoms with E-state index in [4.69, 9.17) is 16.0 Å². The molecule has 0 spiro atoms. The summed E-state index contributed by atoms with van der Waals surface area (Å²) in [6.07, 6.45) is 1.49. The van der Waals surface area contributed by atoms with Gasteiger partial charge in [-0.2, -0.15) is 0 Å². The Morgan fingerprint density at radius 2 is 1.57 bits per heavy atom. The van der Waals surface area contributed by atoms with E-state index in [1.807, 2.05) is 62.4 Å². The first kappa shape index (κ1) is 32.8. The van der Waals surface area contributed by atoms with Crippen molar-refractivity contribution in [1.82, 2.24) is 5.32 Å². The first-order chi connectivity index (χ1) is 22.2. The van der Waals surface area contributed by atoms with E-state index in [0.29, 0.717) is 33.5 Å². The number of hydrogen-bond acceptors (Lipinski definition) is 5. The van der Waals surface area contributed by atoms with Gasteiger partial charge in [-0.25, -0.2) is 0 Å². The zero-order valence-corrected chi connectivity index (χ0v) is 28.0. The Morgan fingerprint density at radius 1 is 0.848 bits per heavy atom. The lowest BCUT2D eigenvalue weighted by Gasteiger charge is -2.15. The van der Waals surface area contributed by atoms with E-state index in [1.165, 1.54) is 17.8 Å². The molecular weight excluding hydrogens is 686 g/mol. The molecule has 0 aliphatic rings. The molecule has 0 bridgehead atoms. The molecule has 5 rings (SSSR count). The lowest BCUT2D eigenvalue weighted by atomic mass is 10.2. The monoisotopic (exact) mass is 713 g/mol. The van der Waals surface area contributed by atoms with Crippen LogP contribution in [-0.4, -0.2) is 23.0 Å². The van der Waals surface area contributed by atoms with Gasteiger partial charge in [0.2, 0.25) is 5.91 Å². The molecule has 1 heterocycles. The largest absolute Gasteiger partial charge is 0.457 e. The van der Waals surface area contributed by atoms with Crippen LogP contribution in [0.25, 0.3) is 17.4 Å². The summed E-state index contributed by atoms with van der Waals surface area (Å²) in [5.74, 6) is -0.113. The fourth-order valence-electron chi connectivity index (χ4n) is 4.33. The standard InChI is InChI=1S/C36H29BrClN3O4S/c1-22-30(38)9-6-10-31(22)40-34(42)23(2)46-29-18-15-27(16-19-29)39-36(44)32(41-35(43)25-7-4-3-5-8-25)21-28-17-20-33(45-28)24-11-13-26(37)14-12-24/h3-21,23H,1-2H3,(H,39,44)(H,40,42)(H,41,43)/b32-21-. The number of benzene rings is 4. The fourth-order valence-corrected chi connectivity index (χ4v) is 5.64. The highest BCUT2D eigenvalue weighted by atomic mass is 79.9. The van der Waals surface area contributed by atoms with Gasteiger partial charge in [0.05, 0.1) is 5.25 Å². The molecular formula is C36H29BrClN3O4S. The first-order valence-corrected chi connectivity index (χ1v) is 16.3. The second-order valence-corrected chi connectivity index (χ2v) is 13.0. The molecule has 3 N–H and O–H groups in total. The Morgan fingerprint density at radius 3 is 2.28 bits per heavy atom. The highest BCUT2D eigenvalue weighted by Gasteiger charge is 2.18. The quantitative estimate of drug-likeness (QED) is 0.0990. The van der Waals surface area contributed by atoms with Crippen LogP contribution in [0.15, 0.2) is 129 Å². The molecule has 0 saturated heterocycles. The molecule has 46 heavy (non-hydrogen) atoms. The molecule has 0 fully saturated rings. The van der Waals surface area contributed by atoms with Crippen molar-refractivity contribution in [3.63, 3.8) is 0 Å². The molecule has 1 unspecified atom stereocenters. The zero-order valence-electron chi connectivity index (χ0n) is 24.8. The van der Waals surface area contributed by atoms with E-state index in [1.54, 1.807) is 60.7 Å². The van der Waals surface area contributed by atoms with Crippen LogP contribution in [-0.2, 0) is 9.59 Å². The molecule has 0 aliphatic heterocycles. The smallest absolute Gasteiger partial charge is 0.272 e. The zero-order chi connectivity index (χ0) is 32.6. The maximum Gasteiger partial charge on any atom is 0.272 e. The summed E-state index contributed by atoms with van der Waals surface area (Å²) < 4.78 is 6.93. The first-order valence-electron chi connectivity index (χ1n) is 14.2. The van der Waals surface area contributed by atoms with Crippen LogP contribution >= 0.6 is 39.3 Å². The SMILES string of the molecule is Cc1c(Cl)cccc1NC(=O)C(C)Sc1ccc(NC(=O)/C(=C/c2ccc(-c3ccc(Br)cc3)o2)NC(=O)c2ccccc2)cc1. The number of carbonyl (C=O) groups is 3. The summed E-state index contributed by atoms with van der Waals surface area (Å²) in [5.41, 5.74) is 3.26. The van der Waals surface area contributed by atoms with Crippen molar-refractivity contribution < 1.29 is 18.8 Å². The molecule has 0 aliphatic carbocycles. The Balaban J connectivity index is 1.28. The lowest BCUT2D eigenvalue weighted by molar-refractivity contribution is -0.115. The molecule has 0 saturated carbocycles. The second-order valence-electron chi connectivity index (χ2n) is 10.2. The summed E-state index contributed by atoms with van der Waals surface area (Å²) in [7, 11) is 0.